The van der Waals surface area contributed by atoms with Crippen molar-refractivity contribution in [2.75, 3.05) is 7.11 Å². The normalized spacial score (nSPS) is 18.5. The molecule has 0 aliphatic heterocycles. The predicted molar refractivity (Wildman–Crippen MR) is 100.0 cm³/mol. The monoisotopic (exact) mass is 354 g/mol. The first-order valence-corrected chi connectivity index (χ1v) is 8.32. The van der Waals surface area contributed by atoms with Gasteiger partial charge in [-0.2, -0.15) is 0 Å². The molecule has 0 aromatic carbocycles. The zero-order valence-corrected chi connectivity index (χ0v) is 15.2. The van der Waals surface area contributed by atoms with Gasteiger partial charge in [-0.15, -0.1) is 0 Å². The number of imidazole rings is 1. The van der Waals surface area contributed by atoms with E-state index < -0.39 is 0 Å². The van der Waals surface area contributed by atoms with E-state index in [1.165, 1.54) is 0 Å². The summed E-state index contributed by atoms with van der Waals surface area (Å²) in [6, 6.07) is 0. The SMILES string of the molecule is COC1=CC=CC1/C=c1\[nH]c(=O)/c(=C/c2nc[nH]c2C(C)(C)C)[nH]c1=O. The van der Waals surface area contributed by atoms with Crippen molar-refractivity contribution in [3.63, 3.8) is 0 Å². The maximum atomic E-state index is 12.4. The van der Waals surface area contributed by atoms with Gasteiger partial charge in [0.15, 0.2) is 0 Å². The molecule has 0 saturated carbocycles. The number of methoxy groups -OCH3 is 1. The van der Waals surface area contributed by atoms with Crippen molar-refractivity contribution in [1.82, 2.24) is 19.9 Å². The lowest BCUT2D eigenvalue weighted by atomic mass is 9.90. The third kappa shape index (κ3) is 3.46. The number of ether oxygens (including phenoxy) is 1. The largest absolute Gasteiger partial charge is 0.500 e. The molecule has 0 radical (unpaired) electrons. The molecule has 0 spiro atoms. The molecule has 2 aromatic rings. The minimum absolute atomic E-state index is 0.161. The van der Waals surface area contributed by atoms with Gasteiger partial charge in [-0.25, -0.2) is 4.98 Å². The van der Waals surface area contributed by atoms with Crippen LogP contribution in [0, 0.1) is 5.92 Å². The number of rotatable bonds is 3. The van der Waals surface area contributed by atoms with Crippen LogP contribution in [0.4, 0.5) is 0 Å². The Morgan fingerprint density at radius 3 is 2.54 bits per heavy atom. The average molecular weight is 354 g/mol. The summed E-state index contributed by atoms with van der Waals surface area (Å²) in [5, 5.41) is 0.360. The fourth-order valence-corrected chi connectivity index (χ4v) is 2.86. The van der Waals surface area contributed by atoms with Crippen molar-refractivity contribution >= 4 is 12.2 Å². The highest BCUT2D eigenvalue weighted by molar-refractivity contribution is 5.48. The van der Waals surface area contributed by atoms with E-state index in [0.29, 0.717) is 11.5 Å². The molecule has 2 heterocycles. The second kappa shape index (κ2) is 6.67. The van der Waals surface area contributed by atoms with E-state index in [1.807, 2.05) is 39.0 Å². The molecular weight excluding hydrogens is 332 g/mol. The molecule has 26 heavy (non-hydrogen) atoms. The highest BCUT2D eigenvalue weighted by Gasteiger charge is 2.19. The molecule has 7 nitrogen and oxygen atoms in total. The maximum Gasteiger partial charge on any atom is 0.272 e. The summed E-state index contributed by atoms with van der Waals surface area (Å²) in [5.74, 6) is 0.539. The molecule has 3 N–H and O–H groups in total. The van der Waals surface area contributed by atoms with Crippen LogP contribution in [0.1, 0.15) is 32.2 Å². The van der Waals surface area contributed by atoms with Crippen LogP contribution in [0.15, 0.2) is 39.9 Å². The minimum atomic E-state index is -0.386. The third-order valence-electron chi connectivity index (χ3n) is 4.17. The molecule has 1 aliphatic carbocycles. The lowest BCUT2D eigenvalue weighted by molar-refractivity contribution is 0.274. The Morgan fingerprint density at radius 2 is 1.85 bits per heavy atom. The van der Waals surface area contributed by atoms with Crippen molar-refractivity contribution in [2.45, 2.75) is 26.2 Å². The maximum absolute atomic E-state index is 12.4. The smallest absolute Gasteiger partial charge is 0.272 e. The average Bonchev–Trinajstić information content (AvgIpc) is 3.20. The van der Waals surface area contributed by atoms with Crippen molar-refractivity contribution in [3.8, 4) is 0 Å². The van der Waals surface area contributed by atoms with Crippen LogP contribution in [0.5, 0.6) is 0 Å². The van der Waals surface area contributed by atoms with E-state index >= 15 is 0 Å². The predicted octanol–water partition coefficient (Wildman–Crippen LogP) is 0.409. The Morgan fingerprint density at radius 1 is 1.15 bits per heavy atom. The summed E-state index contributed by atoms with van der Waals surface area (Å²) >= 11 is 0. The van der Waals surface area contributed by atoms with Crippen LogP contribution < -0.4 is 21.8 Å². The minimum Gasteiger partial charge on any atom is -0.500 e. The van der Waals surface area contributed by atoms with Crippen molar-refractivity contribution < 1.29 is 4.74 Å². The molecule has 0 saturated heterocycles. The summed E-state index contributed by atoms with van der Waals surface area (Å²) in [6.07, 6.45) is 10.4. The third-order valence-corrected chi connectivity index (χ3v) is 4.17. The van der Waals surface area contributed by atoms with Gasteiger partial charge in [0.25, 0.3) is 11.1 Å². The van der Waals surface area contributed by atoms with Gasteiger partial charge in [-0.05, 0) is 18.2 Å². The highest BCUT2D eigenvalue weighted by atomic mass is 16.5. The van der Waals surface area contributed by atoms with Crippen LogP contribution in [0.3, 0.4) is 0 Å². The Labute approximate surface area is 149 Å². The van der Waals surface area contributed by atoms with E-state index in [9.17, 15) is 9.59 Å². The van der Waals surface area contributed by atoms with Gasteiger partial charge in [-0.1, -0.05) is 32.9 Å². The molecule has 2 aromatic heterocycles. The summed E-state index contributed by atoms with van der Waals surface area (Å²) in [4.78, 5) is 37.4. The zero-order valence-electron chi connectivity index (χ0n) is 15.2. The molecule has 0 fully saturated rings. The van der Waals surface area contributed by atoms with Crippen molar-refractivity contribution in [3.05, 3.63) is 73.1 Å². The number of hydrogen-bond donors (Lipinski definition) is 3. The molecule has 0 amide bonds. The van der Waals surface area contributed by atoms with Gasteiger partial charge in [0.1, 0.15) is 16.5 Å². The zero-order chi connectivity index (χ0) is 18.9. The number of H-pyrrole nitrogens is 3. The molecule has 0 bridgehead atoms. The standard InChI is InChI=1S/C19H22N4O3/c1-19(2,3)16-12(20-10-21-16)9-14-18(25)22-13(17(24)23-14)8-11-6-5-7-15(11)26-4/h5-11H,1-4H3,(H,20,21)(H,22,25)(H,23,24)/b13-8-,14-9-. The first kappa shape index (κ1) is 17.7. The van der Waals surface area contributed by atoms with Crippen LogP contribution in [-0.4, -0.2) is 27.0 Å². The number of hydrogen-bond acceptors (Lipinski definition) is 4. The second-order valence-corrected chi connectivity index (χ2v) is 7.14. The lowest BCUT2D eigenvalue weighted by Gasteiger charge is -2.16. The first-order valence-electron chi connectivity index (χ1n) is 8.32. The van der Waals surface area contributed by atoms with Crippen LogP contribution in [0.25, 0.3) is 12.2 Å². The summed E-state index contributed by atoms with van der Waals surface area (Å²) < 4.78 is 5.25. The van der Waals surface area contributed by atoms with Crippen molar-refractivity contribution in [2.24, 2.45) is 5.92 Å². The first-order chi connectivity index (χ1) is 12.3. The van der Waals surface area contributed by atoms with Crippen LogP contribution in [-0.2, 0) is 10.2 Å². The Balaban J connectivity index is 2.09. The van der Waals surface area contributed by atoms with Crippen LogP contribution in [0.2, 0.25) is 0 Å². The number of nitrogens with zero attached hydrogens (tertiary/aromatic N) is 1. The summed E-state index contributed by atoms with van der Waals surface area (Å²) in [7, 11) is 1.57. The van der Waals surface area contributed by atoms with Gasteiger partial charge >= 0.3 is 0 Å². The van der Waals surface area contributed by atoms with E-state index in [-0.39, 0.29) is 33.1 Å². The van der Waals surface area contributed by atoms with Gasteiger partial charge in [0.05, 0.1) is 25.0 Å². The molecule has 136 valence electrons. The van der Waals surface area contributed by atoms with Crippen LogP contribution >= 0.6 is 0 Å². The molecule has 1 unspecified atom stereocenters. The fourth-order valence-electron chi connectivity index (χ4n) is 2.86. The molecule has 1 atom stereocenters. The van der Waals surface area contributed by atoms with Gasteiger partial charge in [0, 0.05) is 11.1 Å². The number of aromatic nitrogens is 4. The van der Waals surface area contributed by atoms with Gasteiger partial charge in [0.2, 0.25) is 0 Å². The fraction of sp³-hybridized carbons (Fsp3) is 0.316. The van der Waals surface area contributed by atoms with E-state index in [1.54, 1.807) is 25.6 Å². The molecule has 7 heteroatoms. The van der Waals surface area contributed by atoms with Gasteiger partial charge in [-0.3, -0.25) is 9.59 Å². The van der Waals surface area contributed by atoms with E-state index in [4.69, 9.17) is 4.74 Å². The summed E-state index contributed by atoms with van der Waals surface area (Å²) in [6.45, 7) is 6.12. The number of aromatic amines is 3. The second-order valence-electron chi connectivity index (χ2n) is 7.14. The molecule has 1 aliphatic rings. The quantitative estimate of drug-likeness (QED) is 0.743. The van der Waals surface area contributed by atoms with E-state index in [2.05, 4.69) is 19.9 Å². The Bertz CT molecular complexity index is 1110. The van der Waals surface area contributed by atoms with Gasteiger partial charge < -0.3 is 19.7 Å². The van der Waals surface area contributed by atoms with E-state index in [0.717, 1.165) is 5.69 Å². The topological polar surface area (TPSA) is 104 Å². The molecule has 3 rings (SSSR count). The Kier molecular flexibility index (Phi) is 4.54. The number of allylic oxidation sites excluding steroid dienone is 3. The lowest BCUT2D eigenvalue weighted by Crippen LogP contribution is -2.47. The highest BCUT2D eigenvalue weighted by Crippen LogP contribution is 2.23. The van der Waals surface area contributed by atoms with Crippen molar-refractivity contribution in [1.29, 1.82) is 0 Å². The Hall–Kier alpha value is -3.09. The number of nitrogens with one attached hydrogen (secondary N) is 3. The summed E-state index contributed by atoms with van der Waals surface area (Å²) in [5.41, 5.74) is 0.585. The molecular formula is C19H22N4O3.